The molecule has 0 aliphatic carbocycles. The van der Waals surface area contributed by atoms with Crippen molar-refractivity contribution in [3.05, 3.63) is 146 Å². The maximum absolute atomic E-state index is 5.49. The Morgan fingerprint density at radius 2 is 1.16 bits per heavy atom. The molecular weight excluding hydrogens is 617 g/mol. The fourth-order valence-corrected chi connectivity index (χ4v) is 9.61. The number of para-hydroxylation sites is 2. The fourth-order valence-electron chi connectivity index (χ4n) is 8.46. The predicted molar refractivity (Wildman–Crippen MR) is 207 cm³/mol. The van der Waals surface area contributed by atoms with Crippen molar-refractivity contribution in [3.63, 3.8) is 0 Å². The van der Waals surface area contributed by atoms with Crippen molar-refractivity contribution < 1.29 is 0 Å². The molecule has 4 nitrogen and oxygen atoms in total. The molecule has 0 amide bonds. The van der Waals surface area contributed by atoms with Crippen molar-refractivity contribution in [3.8, 4) is 17.2 Å². The van der Waals surface area contributed by atoms with Crippen molar-refractivity contribution in [1.29, 1.82) is 0 Å². The number of hydrogen-bond acceptors (Lipinski definition) is 3. The van der Waals surface area contributed by atoms with Crippen LogP contribution in [0.2, 0.25) is 0 Å². The van der Waals surface area contributed by atoms with E-state index in [1.165, 1.54) is 64.3 Å². The van der Waals surface area contributed by atoms with Gasteiger partial charge in [-0.05, 0) is 41.1 Å². The first-order valence-corrected chi connectivity index (χ1v) is 17.4. The van der Waals surface area contributed by atoms with Crippen molar-refractivity contribution in [1.82, 2.24) is 18.9 Å². The summed E-state index contributed by atoms with van der Waals surface area (Å²) >= 11 is 1.77. The number of benzene rings is 7. The van der Waals surface area contributed by atoms with E-state index in [2.05, 4.69) is 155 Å². The second kappa shape index (κ2) is 9.19. The lowest BCUT2D eigenvalue weighted by Gasteiger charge is -2.10. The Labute approximate surface area is 283 Å². The molecule has 5 heterocycles. The van der Waals surface area contributed by atoms with Crippen LogP contribution in [0.3, 0.4) is 0 Å². The standard InChI is InChI=1S/C44H24N4S/c1-2-13-26(14-3-1)40-43-41(30-18-8-11-21-36(30)49-43)46-44(45-40)48-34-23-22-25-12-4-5-15-27(25)37(34)39-35(48)24-31-28-16-6-9-19-32(28)47-33-20-10-7-17-29(33)38(39)42(31)47/h1-24H. The lowest BCUT2D eigenvalue weighted by molar-refractivity contribution is 1.02. The van der Waals surface area contributed by atoms with Gasteiger partial charge in [0.15, 0.2) is 0 Å². The van der Waals surface area contributed by atoms with Gasteiger partial charge in [0, 0.05) is 48.0 Å². The van der Waals surface area contributed by atoms with Gasteiger partial charge in [-0.15, -0.1) is 11.3 Å². The molecule has 0 radical (unpaired) electrons. The van der Waals surface area contributed by atoms with Gasteiger partial charge in [0.25, 0.3) is 0 Å². The normalized spacial score (nSPS) is 12.5. The number of thiophene rings is 1. The topological polar surface area (TPSA) is 35.1 Å². The Morgan fingerprint density at radius 1 is 0.469 bits per heavy atom. The highest BCUT2D eigenvalue weighted by Crippen LogP contribution is 2.48. The van der Waals surface area contributed by atoms with Crippen molar-refractivity contribution in [2.45, 2.75) is 0 Å². The third-order valence-corrected chi connectivity index (χ3v) is 11.6. The van der Waals surface area contributed by atoms with Gasteiger partial charge in [0.1, 0.15) is 0 Å². The smallest absolute Gasteiger partial charge is 0.235 e. The summed E-state index contributed by atoms with van der Waals surface area (Å²) in [6, 6.07) is 52.5. The molecular formula is C44H24N4S. The SMILES string of the molecule is c1ccc(-c2nc(-n3c4ccc5ccccc5c4c4c5c6ccccc6n6c7ccccc7c(cc43)c56)nc3c2sc2ccccc23)cc1. The summed E-state index contributed by atoms with van der Waals surface area (Å²) in [5, 5.41) is 11.1. The van der Waals surface area contributed by atoms with Crippen LogP contribution in [0.15, 0.2) is 146 Å². The summed E-state index contributed by atoms with van der Waals surface area (Å²) in [5.41, 5.74) is 9.00. The van der Waals surface area contributed by atoms with Crippen molar-refractivity contribution >= 4 is 102 Å². The number of rotatable bonds is 2. The van der Waals surface area contributed by atoms with Crippen LogP contribution >= 0.6 is 11.3 Å². The molecule has 0 spiro atoms. The van der Waals surface area contributed by atoms with Gasteiger partial charge in [-0.2, -0.15) is 0 Å². The Bertz CT molecular complexity index is 3330. The summed E-state index contributed by atoms with van der Waals surface area (Å²) in [6.45, 7) is 0. The van der Waals surface area contributed by atoms with E-state index in [4.69, 9.17) is 9.97 Å². The van der Waals surface area contributed by atoms with E-state index in [-0.39, 0.29) is 0 Å². The van der Waals surface area contributed by atoms with E-state index in [9.17, 15) is 0 Å². The second-order valence-corrected chi connectivity index (χ2v) is 14.0. The highest BCUT2D eigenvalue weighted by atomic mass is 32.1. The Balaban J connectivity index is 1.36. The highest BCUT2D eigenvalue weighted by Gasteiger charge is 2.26. The first-order chi connectivity index (χ1) is 24.3. The van der Waals surface area contributed by atoms with E-state index >= 15 is 0 Å². The van der Waals surface area contributed by atoms with Gasteiger partial charge in [-0.3, -0.25) is 4.57 Å². The zero-order chi connectivity index (χ0) is 31.8. The molecule has 0 atom stereocenters. The number of fused-ring (bicyclic) bond motifs is 15. The van der Waals surface area contributed by atoms with Crippen LogP contribution in [0.5, 0.6) is 0 Å². The molecule has 5 heteroatoms. The first-order valence-electron chi connectivity index (χ1n) is 16.6. The lowest BCUT2D eigenvalue weighted by atomic mass is 9.99. The second-order valence-electron chi connectivity index (χ2n) is 12.9. The molecule has 12 aromatic rings. The van der Waals surface area contributed by atoms with Gasteiger partial charge in [0.2, 0.25) is 5.95 Å². The van der Waals surface area contributed by atoms with E-state index in [1.807, 2.05) is 0 Å². The van der Waals surface area contributed by atoms with Crippen molar-refractivity contribution in [2.24, 2.45) is 0 Å². The first kappa shape index (κ1) is 25.7. The molecule has 0 N–H and O–H groups in total. The van der Waals surface area contributed by atoms with Crippen LogP contribution in [-0.4, -0.2) is 18.9 Å². The number of hydrogen-bond donors (Lipinski definition) is 0. The number of nitrogens with zero attached hydrogens (tertiary/aromatic N) is 4. The molecule has 0 unspecified atom stereocenters. The van der Waals surface area contributed by atoms with E-state index in [0.717, 1.165) is 37.9 Å². The maximum Gasteiger partial charge on any atom is 0.235 e. The molecule has 7 aromatic carbocycles. The largest absolute Gasteiger partial charge is 0.308 e. The Kier molecular flexibility index (Phi) is 4.83. The molecule has 49 heavy (non-hydrogen) atoms. The minimum absolute atomic E-state index is 0.687. The predicted octanol–water partition coefficient (Wildman–Crippen LogP) is 11.9. The third kappa shape index (κ3) is 3.23. The molecule has 0 fully saturated rings. The van der Waals surface area contributed by atoms with E-state index in [1.54, 1.807) is 11.3 Å². The maximum atomic E-state index is 5.49. The van der Waals surface area contributed by atoms with Gasteiger partial charge in [-0.25, -0.2) is 9.97 Å². The number of aromatic nitrogens is 4. The van der Waals surface area contributed by atoms with Crippen LogP contribution in [-0.2, 0) is 0 Å². The highest BCUT2D eigenvalue weighted by molar-refractivity contribution is 7.26. The summed E-state index contributed by atoms with van der Waals surface area (Å²) in [6.07, 6.45) is 0. The van der Waals surface area contributed by atoms with E-state index in [0.29, 0.717) is 5.95 Å². The zero-order valence-electron chi connectivity index (χ0n) is 26.1. The van der Waals surface area contributed by atoms with Gasteiger partial charge < -0.3 is 4.40 Å². The molecule has 0 aliphatic heterocycles. The zero-order valence-corrected chi connectivity index (χ0v) is 26.9. The quantitative estimate of drug-likeness (QED) is 0.188. The molecule has 0 bridgehead atoms. The molecule has 0 saturated carbocycles. The minimum Gasteiger partial charge on any atom is -0.308 e. The fraction of sp³-hybridized carbons (Fsp3) is 0. The summed E-state index contributed by atoms with van der Waals surface area (Å²) in [4.78, 5) is 11.0. The van der Waals surface area contributed by atoms with E-state index < -0.39 is 0 Å². The van der Waals surface area contributed by atoms with Crippen LogP contribution in [0.25, 0.3) is 108 Å². The van der Waals surface area contributed by atoms with Crippen LogP contribution in [0, 0.1) is 0 Å². The third-order valence-electron chi connectivity index (χ3n) is 10.4. The molecule has 226 valence electrons. The summed E-state index contributed by atoms with van der Waals surface area (Å²) < 4.78 is 7.13. The molecule has 0 aliphatic rings. The van der Waals surface area contributed by atoms with Gasteiger partial charge in [-0.1, -0.05) is 115 Å². The van der Waals surface area contributed by atoms with Gasteiger partial charge >= 0.3 is 0 Å². The average Bonchev–Trinajstić information content (AvgIpc) is 3.90. The monoisotopic (exact) mass is 640 g/mol. The molecule has 12 rings (SSSR count). The van der Waals surface area contributed by atoms with Crippen LogP contribution < -0.4 is 0 Å². The minimum atomic E-state index is 0.687. The molecule has 0 saturated heterocycles. The van der Waals surface area contributed by atoms with Crippen molar-refractivity contribution in [2.75, 3.05) is 0 Å². The van der Waals surface area contributed by atoms with Crippen LogP contribution in [0.1, 0.15) is 0 Å². The summed E-state index contributed by atoms with van der Waals surface area (Å²) in [5.74, 6) is 0.687. The van der Waals surface area contributed by atoms with Crippen LogP contribution in [0.4, 0.5) is 0 Å². The molecule has 5 aromatic heterocycles. The Morgan fingerprint density at radius 3 is 2.02 bits per heavy atom. The summed E-state index contributed by atoms with van der Waals surface area (Å²) in [7, 11) is 0. The lowest BCUT2D eigenvalue weighted by Crippen LogP contribution is -2.02. The van der Waals surface area contributed by atoms with Gasteiger partial charge in [0.05, 0.1) is 43.5 Å². The Hall–Kier alpha value is -6.30. The average molecular weight is 641 g/mol.